The fraction of sp³-hybridized carbons (Fsp3) is 0.500. The number of amides is 1. The third-order valence-electron chi connectivity index (χ3n) is 3.19. The molecule has 1 amide bonds. The van der Waals surface area contributed by atoms with E-state index in [4.69, 9.17) is 5.73 Å². The highest BCUT2D eigenvalue weighted by Gasteiger charge is 2.41. The zero-order valence-corrected chi connectivity index (χ0v) is 8.59. The van der Waals surface area contributed by atoms with E-state index in [1.165, 1.54) is 11.1 Å². The molecule has 4 heteroatoms. The number of nitrogens with zero attached hydrogens (tertiary/aromatic N) is 1. The summed E-state index contributed by atoms with van der Waals surface area (Å²) in [6.07, 6.45) is 1.51. The SMILES string of the molecule is NC1CC(=O)N2CCc3cscc3C12. The van der Waals surface area contributed by atoms with E-state index >= 15 is 0 Å². The number of nitrogens with two attached hydrogens (primary N) is 1. The van der Waals surface area contributed by atoms with Crippen LogP contribution in [0.2, 0.25) is 0 Å². The lowest BCUT2D eigenvalue weighted by atomic mass is 9.95. The summed E-state index contributed by atoms with van der Waals surface area (Å²) in [5, 5.41) is 4.33. The van der Waals surface area contributed by atoms with Crippen LogP contribution in [0, 0.1) is 0 Å². The van der Waals surface area contributed by atoms with Gasteiger partial charge in [0.2, 0.25) is 5.91 Å². The van der Waals surface area contributed by atoms with Gasteiger partial charge in [-0.3, -0.25) is 4.79 Å². The summed E-state index contributed by atoms with van der Waals surface area (Å²) in [5.74, 6) is 0.222. The van der Waals surface area contributed by atoms with Crippen molar-refractivity contribution in [1.29, 1.82) is 0 Å². The molecule has 2 atom stereocenters. The third kappa shape index (κ3) is 0.980. The Bertz CT molecular complexity index is 387. The molecule has 0 radical (unpaired) electrons. The summed E-state index contributed by atoms with van der Waals surface area (Å²) in [4.78, 5) is 13.5. The van der Waals surface area contributed by atoms with Crippen molar-refractivity contribution in [2.45, 2.75) is 24.9 Å². The molecule has 14 heavy (non-hydrogen) atoms. The Morgan fingerprint density at radius 2 is 2.36 bits per heavy atom. The van der Waals surface area contributed by atoms with Crippen LogP contribution in [0.4, 0.5) is 0 Å². The molecule has 1 fully saturated rings. The minimum atomic E-state index is -0.00356. The van der Waals surface area contributed by atoms with E-state index in [9.17, 15) is 4.79 Å². The standard InChI is InChI=1S/C10H12N2OS/c11-8-3-9(13)12-2-1-6-4-14-5-7(6)10(8)12/h4-5,8,10H,1-3,11H2. The largest absolute Gasteiger partial charge is 0.334 e. The minimum Gasteiger partial charge on any atom is -0.334 e. The van der Waals surface area contributed by atoms with Crippen LogP contribution >= 0.6 is 11.3 Å². The Morgan fingerprint density at radius 3 is 3.21 bits per heavy atom. The smallest absolute Gasteiger partial charge is 0.224 e. The van der Waals surface area contributed by atoms with Gasteiger partial charge in [-0.2, -0.15) is 11.3 Å². The van der Waals surface area contributed by atoms with Crippen molar-refractivity contribution in [2.75, 3.05) is 6.54 Å². The minimum absolute atomic E-state index is 0.00356. The lowest BCUT2D eigenvalue weighted by Crippen LogP contribution is -2.37. The first-order valence-electron chi connectivity index (χ1n) is 4.87. The second-order valence-corrected chi connectivity index (χ2v) is 4.75. The monoisotopic (exact) mass is 208 g/mol. The van der Waals surface area contributed by atoms with E-state index < -0.39 is 0 Å². The lowest BCUT2D eigenvalue weighted by Gasteiger charge is -2.31. The molecule has 1 aromatic rings. The molecule has 0 bridgehead atoms. The van der Waals surface area contributed by atoms with Crippen LogP contribution in [-0.2, 0) is 11.2 Å². The van der Waals surface area contributed by atoms with Crippen molar-refractivity contribution in [3.63, 3.8) is 0 Å². The quantitative estimate of drug-likeness (QED) is 0.688. The van der Waals surface area contributed by atoms with Gasteiger partial charge in [0.15, 0.2) is 0 Å². The van der Waals surface area contributed by atoms with Crippen LogP contribution in [0.1, 0.15) is 23.6 Å². The lowest BCUT2D eigenvalue weighted by molar-refractivity contribution is -0.129. The molecule has 0 aliphatic carbocycles. The van der Waals surface area contributed by atoms with Crippen molar-refractivity contribution >= 4 is 17.2 Å². The van der Waals surface area contributed by atoms with E-state index in [1.807, 2.05) is 4.90 Å². The Kier molecular flexibility index (Phi) is 1.69. The molecule has 2 aliphatic rings. The van der Waals surface area contributed by atoms with Gasteiger partial charge in [-0.1, -0.05) is 0 Å². The van der Waals surface area contributed by atoms with Crippen molar-refractivity contribution < 1.29 is 4.79 Å². The fourth-order valence-electron chi connectivity index (χ4n) is 2.52. The summed E-state index contributed by atoms with van der Waals surface area (Å²) in [7, 11) is 0. The van der Waals surface area contributed by atoms with Gasteiger partial charge in [-0.05, 0) is 28.3 Å². The number of hydrogen-bond acceptors (Lipinski definition) is 3. The summed E-state index contributed by atoms with van der Waals surface area (Å²) in [6, 6.07) is 0.161. The van der Waals surface area contributed by atoms with Crippen LogP contribution < -0.4 is 5.73 Å². The van der Waals surface area contributed by atoms with Gasteiger partial charge in [0.1, 0.15) is 0 Å². The first kappa shape index (κ1) is 8.44. The van der Waals surface area contributed by atoms with Crippen LogP contribution in [-0.4, -0.2) is 23.4 Å². The fourth-order valence-corrected chi connectivity index (χ4v) is 3.44. The number of carbonyl (C=O) groups is 1. The summed E-state index contributed by atoms with van der Waals surface area (Å²) in [6.45, 7) is 0.848. The molecule has 2 N–H and O–H groups in total. The zero-order valence-electron chi connectivity index (χ0n) is 7.77. The van der Waals surface area contributed by atoms with E-state index in [0.29, 0.717) is 6.42 Å². The molecule has 74 valence electrons. The van der Waals surface area contributed by atoms with Crippen LogP contribution in [0.25, 0.3) is 0 Å². The van der Waals surface area contributed by atoms with Gasteiger partial charge in [0.25, 0.3) is 0 Å². The number of carbonyl (C=O) groups excluding carboxylic acids is 1. The summed E-state index contributed by atoms with van der Waals surface area (Å²) in [5.41, 5.74) is 8.68. The van der Waals surface area contributed by atoms with Gasteiger partial charge in [0.05, 0.1) is 6.04 Å². The van der Waals surface area contributed by atoms with Gasteiger partial charge < -0.3 is 10.6 Å². The molecule has 3 heterocycles. The molecular weight excluding hydrogens is 196 g/mol. The van der Waals surface area contributed by atoms with Crippen LogP contribution in [0.5, 0.6) is 0 Å². The van der Waals surface area contributed by atoms with Gasteiger partial charge in [-0.25, -0.2) is 0 Å². The Morgan fingerprint density at radius 1 is 1.50 bits per heavy atom. The maximum Gasteiger partial charge on any atom is 0.224 e. The van der Waals surface area contributed by atoms with Crippen molar-refractivity contribution in [1.82, 2.24) is 4.90 Å². The van der Waals surface area contributed by atoms with Crippen molar-refractivity contribution in [3.05, 3.63) is 21.9 Å². The Labute approximate surface area is 86.5 Å². The van der Waals surface area contributed by atoms with E-state index in [1.54, 1.807) is 11.3 Å². The van der Waals surface area contributed by atoms with Crippen LogP contribution in [0.3, 0.4) is 0 Å². The molecular formula is C10H12N2OS. The number of thiophene rings is 1. The van der Waals surface area contributed by atoms with Gasteiger partial charge in [-0.15, -0.1) is 0 Å². The topological polar surface area (TPSA) is 46.3 Å². The maximum absolute atomic E-state index is 11.6. The first-order valence-corrected chi connectivity index (χ1v) is 5.81. The second kappa shape index (κ2) is 2.81. The predicted octanol–water partition coefficient (Wildman–Crippen LogP) is 0.905. The van der Waals surface area contributed by atoms with Gasteiger partial charge in [0, 0.05) is 19.0 Å². The highest BCUT2D eigenvalue weighted by atomic mass is 32.1. The second-order valence-electron chi connectivity index (χ2n) is 4.00. The number of fused-ring (bicyclic) bond motifs is 3. The molecule has 1 saturated heterocycles. The normalized spacial score (nSPS) is 30.4. The molecule has 3 rings (SSSR count). The van der Waals surface area contributed by atoms with E-state index in [-0.39, 0.29) is 18.0 Å². The molecule has 1 aromatic heterocycles. The van der Waals surface area contributed by atoms with Crippen molar-refractivity contribution in [3.8, 4) is 0 Å². The Hall–Kier alpha value is -0.870. The van der Waals surface area contributed by atoms with E-state index in [2.05, 4.69) is 10.8 Å². The van der Waals surface area contributed by atoms with E-state index in [0.717, 1.165) is 13.0 Å². The highest BCUT2D eigenvalue weighted by Crippen LogP contribution is 2.38. The molecule has 2 aliphatic heterocycles. The summed E-state index contributed by atoms with van der Waals surface area (Å²) >= 11 is 1.71. The summed E-state index contributed by atoms with van der Waals surface area (Å²) < 4.78 is 0. The molecule has 0 aromatic carbocycles. The average molecular weight is 208 g/mol. The highest BCUT2D eigenvalue weighted by molar-refractivity contribution is 7.08. The molecule has 3 nitrogen and oxygen atoms in total. The molecule has 2 unspecified atom stereocenters. The van der Waals surface area contributed by atoms with Gasteiger partial charge >= 0.3 is 0 Å². The zero-order chi connectivity index (χ0) is 9.71. The molecule has 0 spiro atoms. The predicted molar refractivity (Wildman–Crippen MR) is 55.1 cm³/mol. The number of rotatable bonds is 0. The Balaban J connectivity index is 2.08. The first-order chi connectivity index (χ1) is 6.77. The molecule has 0 saturated carbocycles. The number of hydrogen-bond donors (Lipinski definition) is 1. The maximum atomic E-state index is 11.6. The third-order valence-corrected chi connectivity index (χ3v) is 4.00. The average Bonchev–Trinajstić information content (AvgIpc) is 2.71. The van der Waals surface area contributed by atoms with Crippen molar-refractivity contribution in [2.24, 2.45) is 5.73 Å². The van der Waals surface area contributed by atoms with Crippen LogP contribution in [0.15, 0.2) is 10.8 Å².